The molecule has 2 aromatic heterocycles. The fraction of sp³-hybridized carbons (Fsp3) is 0.350. The monoisotopic (exact) mass is 353 g/mol. The molecular weight excluding hydrogens is 330 g/mol. The Morgan fingerprint density at radius 3 is 2.77 bits per heavy atom. The molecule has 6 nitrogen and oxygen atoms in total. The molecule has 0 unspecified atom stereocenters. The molecule has 2 N–H and O–H groups in total. The van der Waals surface area contributed by atoms with E-state index < -0.39 is 5.91 Å². The number of unbranched alkanes of at least 4 members (excludes halogenated alkanes) is 2. The van der Waals surface area contributed by atoms with Crippen molar-refractivity contribution in [2.24, 2.45) is 5.73 Å². The van der Waals surface area contributed by atoms with Crippen LogP contribution in [0, 0.1) is 0 Å². The first kappa shape index (κ1) is 18.1. The molecule has 136 valence electrons. The number of ether oxygens (including phenoxy) is 2. The van der Waals surface area contributed by atoms with Gasteiger partial charge in [0.05, 0.1) is 12.1 Å². The molecule has 3 aromatic rings. The minimum absolute atomic E-state index is 0.414. The van der Waals surface area contributed by atoms with Crippen LogP contribution in [0.5, 0.6) is 5.88 Å². The maximum absolute atomic E-state index is 11.4. The molecule has 0 bridgehead atoms. The molecule has 0 saturated carbocycles. The number of pyridine rings is 2. The third-order valence-corrected chi connectivity index (χ3v) is 4.20. The molecule has 0 spiro atoms. The van der Waals surface area contributed by atoms with Crippen LogP contribution in [0.25, 0.3) is 21.7 Å². The van der Waals surface area contributed by atoms with Crippen LogP contribution >= 0.6 is 0 Å². The number of benzene rings is 1. The predicted molar refractivity (Wildman–Crippen MR) is 101 cm³/mol. The Morgan fingerprint density at radius 2 is 1.96 bits per heavy atom. The van der Waals surface area contributed by atoms with E-state index in [1.165, 1.54) is 12.8 Å². The first-order chi connectivity index (χ1) is 12.7. The lowest BCUT2D eigenvalue weighted by atomic mass is 10.1. The summed E-state index contributed by atoms with van der Waals surface area (Å²) in [6.07, 6.45) is 6.90. The van der Waals surface area contributed by atoms with Gasteiger partial charge in [-0.25, -0.2) is 4.98 Å². The van der Waals surface area contributed by atoms with Crippen LogP contribution in [0.4, 0.5) is 0 Å². The number of hydrogen-bond acceptors (Lipinski definition) is 5. The Bertz CT molecular complexity index is 911. The van der Waals surface area contributed by atoms with Gasteiger partial charge >= 0.3 is 0 Å². The summed E-state index contributed by atoms with van der Waals surface area (Å²) in [5.74, 6) is 0.0246. The molecular formula is C20H23N3O3. The predicted octanol–water partition coefficient (Wildman–Crippen LogP) is 3.47. The summed E-state index contributed by atoms with van der Waals surface area (Å²) in [5.41, 5.74) is 6.45. The minimum Gasteiger partial charge on any atom is -0.475 e. The lowest BCUT2D eigenvalue weighted by molar-refractivity contribution is 0.0965. The molecule has 0 aliphatic rings. The SMILES string of the molecule is CCCCCOCCOc1nc2cc(C(N)=O)ccc2c2cnccc12. The number of primary amides is 1. The Hall–Kier alpha value is -2.73. The Morgan fingerprint density at radius 1 is 1.08 bits per heavy atom. The van der Waals surface area contributed by atoms with Crippen LogP contribution < -0.4 is 10.5 Å². The third kappa shape index (κ3) is 4.08. The second kappa shape index (κ2) is 8.58. The van der Waals surface area contributed by atoms with E-state index in [0.29, 0.717) is 30.2 Å². The van der Waals surface area contributed by atoms with Crippen molar-refractivity contribution in [3.8, 4) is 5.88 Å². The first-order valence-electron chi connectivity index (χ1n) is 8.88. The highest BCUT2D eigenvalue weighted by Crippen LogP contribution is 2.30. The van der Waals surface area contributed by atoms with E-state index >= 15 is 0 Å². The van der Waals surface area contributed by atoms with Crippen LogP contribution in [0.15, 0.2) is 36.7 Å². The van der Waals surface area contributed by atoms with Gasteiger partial charge in [0.25, 0.3) is 0 Å². The Kier molecular flexibility index (Phi) is 5.96. The van der Waals surface area contributed by atoms with Gasteiger partial charge in [-0.15, -0.1) is 0 Å². The first-order valence-corrected chi connectivity index (χ1v) is 8.88. The topological polar surface area (TPSA) is 87.3 Å². The lowest BCUT2D eigenvalue weighted by Gasteiger charge is -2.11. The highest BCUT2D eigenvalue weighted by molar-refractivity contribution is 6.09. The summed E-state index contributed by atoms with van der Waals surface area (Å²) >= 11 is 0. The van der Waals surface area contributed by atoms with E-state index in [0.717, 1.165) is 29.2 Å². The average Bonchev–Trinajstić information content (AvgIpc) is 2.66. The summed E-state index contributed by atoms with van der Waals surface area (Å²) in [7, 11) is 0. The number of aromatic nitrogens is 2. The van der Waals surface area contributed by atoms with E-state index in [1.54, 1.807) is 24.5 Å². The number of nitrogens with two attached hydrogens (primary N) is 1. The van der Waals surface area contributed by atoms with Crippen molar-refractivity contribution < 1.29 is 14.3 Å². The average molecular weight is 353 g/mol. The largest absolute Gasteiger partial charge is 0.475 e. The molecule has 0 fully saturated rings. The standard InChI is InChI=1S/C20H23N3O3/c1-2-3-4-9-25-10-11-26-20-16-7-8-22-13-17(16)15-6-5-14(19(21)24)12-18(15)23-20/h5-8,12-13H,2-4,9-11H2,1H3,(H2,21,24). The number of fused-ring (bicyclic) bond motifs is 3. The van der Waals surface area contributed by atoms with Gasteiger partial charge in [0.2, 0.25) is 11.8 Å². The van der Waals surface area contributed by atoms with Crippen LogP contribution in [0.1, 0.15) is 36.5 Å². The van der Waals surface area contributed by atoms with Crippen molar-refractivity contribution >= 4 is 27.6 Å². The van der Waals surface area contributed by atoms with Crippen LogP contribution in [0.2, 0.25) is 0 Å². The molecule has 2 heterocycles. The normalized spacial score (nSPS) is 11.1. The molecule has 1 amide bonds. The van der Waals surface area contributed by atoms with Crippen LogP contribution in [-0.4, -0.2) is 35.7 Å². The van der Waals surface area contributed by atoms with E-state index in [-0.39, 0.29) is 0 Å². The second-order valence-corrected chi connectivity index (χ2v) is 6.10. The van der Waals surface area contributed by atoms with Crippen molar-refractivity contribution in [3.05, 3.63) is 42.2 Å². The fourth-order valence-electron chi connectivity index (χ4n) is 2.83. The van der Waals surface area contributed by atoms with Gasteiger partial charge in [-0.1, -0.05) is 25.8 Å². The van der Waals surface area contributed by atoms with Crippen LogP contribution in [0.3, 0.4) is 0 Å². The summed E-state index contributed by atoms with van der Waals surface area (Å²) in [5, 5.41) is 2.71. The molecule has 1 aromatic carbocycles. The zero-order valence-corrected chi connectivity index (χ0v) is 14.9. The molecule has 0 atom stereocenters. The third-order valence-electron chi connectivity index (χ3n) is 4.20. The van der Waals surface area contributed by atoms with Crippen molar-refractivity contribution in [2.45, 2.75) is 26.2 Å². The zero-order valence-electron chi connectivity index (χ0n) is 14.9. The number of hydrogen-bond donors (Lipinski definition) is 1. The van der Waals surface area contributed by atoms with E-state index in [2.05, 4.69) is 16.9 Å². The fourth-order valence-corrected chi connectivity index (χ4v) is 2.83. The second-order valence-electron chi connectivity index (χ2n) is 6.10. The number of carbonyl (C=O) groups is 1. The number of amides is 1. The van der Waals surface area contributed by atoms with Crippen molar-refractivity contribution in [3.63, 3.8) is 0 Å². The van der Waals surface area contributed by atoms with Gasteiger partial charge in [-0.2, -0.15) is 0 Å². The van der Waals surface area contributed by atoms with Gasteiger partial charge in [-0.05, 0) is 24.6 Å². The summed E-state index contributed by atoms with van der Waals surface area (Å²) in [6, 6.07) is 7.09. The smallest absolute Gasteiger partial charge is 0.248 e. The van der Waals surface area contributed by atoms with Crippen molar-refractivity contribution in [2.75, 3.05) is 19.8 Å². The molecule has 26 heavy (non-hydrogen) atoms. The van der Waals surface area contributed by atoms with E-state index in [9.17, 15) is 4.79 Å². The van der Waals surface area contributed by atoms with E-state index in [1.807, 2.05) is 12.1 Å². The number of rotatable bonds is 9. The maximum Gasteiger partial charge on any atom is 0.248 e. The lowest BCUT2D eigenvalue weighted by Crippen LogP contribution is -2.11. The summed E-state index contributed by atoms with van der Waals surface area (Å²) in [6.45, 7) is 3.84. The maximum atomic E-state index is 11.4. The van der Waals surface area contributed by atoms with Gasteiger partial charge in [0, 0.05) is 40.7 Å². The molecule has 0 radical (unpaired) electrons. The van der Waals surface area contributed by atoms with Gasteiger partial charge in [0.1, 0.15) is 6.61 Å². The highest BCUT2D eigenvalue weighted by Gasteiger charge is 2.11. The summed E-state index contributed by atoms with van der Waals surface area (Å²) in [4.78, 5) is 20.2. The zero-order chi connectivity index (χ0) is 18.4. The Balaban J connectivity index is 1.82. The van der Waals surface area contributed by atoms with E-state index in [4.69, 9.17) is 15.2 Å². The number of carbonyl (C=O) groups excluding carboxylic acids is 1. The molecule has 0 aliphatic carbocycles. The Labute approximate surface area is 152 Å². The van der Waals surface area contributed by atoms with Gasteiger partial charge < -0.3 is 15.2 Å². The van der Waals surface area contributed by atoms with Crippen molar-refractivity contribution in [1.82, 2.24) is 9.97 Å². The summed E-state index contributed by atoms with van der Waals surface area (Å²) < 4.78 is 11.4. The molecule has 3 rings (SSSR count). The number of nitrogens with zero attached hydrogens (tertiary/aromatic N) is 2. The molecule has 0 aliphatic heterocycles. The van der Waals surface area contributed by atoms with Crippen LogP contribution in [-0.2, 0) is 4.74 Å². The van der Waals surface area contributed by atoms with Gasteiger partial charge in [0.15, 0.2) is 0 Å². The van der Waals surface area contributed by atoms with Crippen molar-refractivity contribution in [1.29, 1.82) is 0 Å². The molecule has 0 saturated heterocycles. The highest BCUT2D eigenvalue weighted by atomic mass is 16.5. The van der Waals surface area contributed by atoms with Gasteiger partial charge in [-0.3, -0.25) is 9.78 Å². The quantitative estimate of drug-likeness (QED) is 0.470. The minimum atomic E-state index is -0.483. The molecule has 6 heteroatoms.